The van der Waals surface area contributed by atoms with E-state index in [1.807, 2.05) is 66.7 Å². The number of fused-ring (bicyclic) bond motifs is 2. The van der Waals surface area contributed by atoms with Gasteiger partial charge in [0.2, 0.25) is 0 Å². The fourth-order valence-corrected chi connectivity index (χ4v) is 4.29. The molecule has 2 aliphatic rings. The van der Waals surface area contributed by atoms with Gasteiger partial charge in [0.1, 0.15) is 17.8 Å². The highest BCUT2D eigenvalue weighted by Gasteiger charge is 2.63. The average Bonchev–Trinajstić information content (AvgIpc) is 3.31. The number of ether oxygens (including phenoxy) is 4. The van der Waals surface area contributed by atoms with E-state index in [1.54, 1.807) is 16.8 Å². The first-order chi connectivity index (χ1) is 15.3. The Kier molecular flexibility index (Phi) is 5.70. The van der Waals surface area contributed by atoms with Crippen molar-refractivity contribution in [3.05, 3.63) is 107 Å². The average molecular weight is 419 g/mol. The van der Waals surface area contributed by atoms with Gasteiger partial charge in [-0.1, -0.05) is 66.7 Å². The number of benzene rings is 2. The predicted octanol–water partition coefficient (Wildman–Crippen LogP) is 3.32. The van der Waals surface area contributed by atoms with Crippen molar-refractivity contribution in [2.75, 3.05) is 13.2 Å². The van der Waals surface area contributed by atoms with E-state index >= 15 is 0 Å². The molecule has 2 fully saturated rings. The maximum Gasteiger partial charge on any atom is 0.252 e. The van der Waals surface area contributed by atoms with Gasteiger partial charge in [-0.25, -0.2) is 0 Å². The molecule has 0 unspecified atom stereocenters. The van der Waals surface area contributed by atoms with Crippen LogP contribution in [0.2, 0.25) is 0 Å². The molecule has 0 N–H and O–H groups in total. The van der Waals surface area contributed by atoms with Crippen LogP contribution in [0.3, 0.4) is 0 Å². The summed E-state index contributed by atoms with van der Waals surface area (Å²) in [7, 11) is 0. The molecule has 0 saturated carbocycles. The Morgan fingerprint density at radius 3 is 2.29 bits per heavy atom. The summed E-state index contributed by atoms with van der Waals surface area (Å²) in [6.45, 7) is 1.59. The third kappa shape index (κ3) is 4.07. The summed E-state index contributed by atoms with van der Waals surface area (Å²) in [4.78, 5) is 12.4. The van der Waals surface area contributed by atoms with Crippen LogP contribution in [0.25, 0.3) is 0 Å². The minimum absolute atomic E-state index is 0.134. The van der Waals surface area contributed by atoms with E-state index in [2.05, 4.69) is 0 Å². The first-order valence-corrected chi connectivity index (χ1v) is 10.5. The molecule has 0 amide bonds. The molecular weight excluding hydrogens is 394 g/mol. The van der Waals surface area contributed by atoms with E-state index in [4.69, 9.17) is 18.9 Å². The van der Waals surface area contributed by atoms with E-state index in [-0.39, 0.29) is 17.8 Å². The summed E-state index contributed by atoms with van der Waals surface area (Å²) in [6.07, 6.45) is 0.442. The van der Waals surface area contributed by atoms with Gasteiger partial charge in [0.05, 0.1) is 26.4 Å². The monoisotopic (exact) mass is 419 g/mol. The Bertz CT molecular complexity index is 1050. The normalized spacial score (nSPS) is 26.9. The lowest BCUT2D eigenvalue weighted by atomic mass is 10.00. The van der Waals surface area contributed by atoms with E-state index in [0.29, 0.717) is 26.4 Å². The summed E-state index contributed by atoms with van der Waals surface area (Å²) in [6, 6.07) is 25.1. The molecule has 2 bridgehead atoms. The molecule has 2 aliphatic heterocycles. The van der Waals surface area contributed by atoms with Gasteiger partial charge >= 0.3 is 0 Å². The second kappa shape index (κ2) is 8.77. The molecule has 6 nitrogen and oxygen atoms in total. The zero-order valence-corrected chi connectivity index (χ0v) is 17.1. The Labute approximate surface area is 180 Å². The number of hydrogen-bond donors (Lipinski definition) is 0. The van der Waals surface area contributed by atoms with Crippen molar-refractivity contribution >= 4 is 0 Å². The van der Waals surface area contributed by atoms with Crippen LogP contribution in [-0.2, 0) is 32.2 Å². The van der Waals surface area contributed by atoms with Gasteiger partial charge in [-0.05, 0) is 17.2 Å². The van der Waals surface area contributed by atoms with Crippen molar-refractivity contribution in [3.8, 4) is 0 Å². The van der Waals surface area contributed by atoms with Gasteiger partial charge in [0.25, 0.3) is 5.56 Å². The van der Waals surface area contributed by atoms with Gasteiger partial charge in [0, 0.05) is 12.3 Å². The maximum atomic E-state index is 12.4. The number of nitrogens with zero attached hydrogens (tertiary/aromatic N) is 1. The van der Waals surface area contributed by atoms with E-state index < -0.39 is 11.8 Å². The highest BCUT2D eigenvalue weighted by atomic mass is 16.7. The lowest BCUT2D eigenvalue weighted by Gasteiger charge is -2.31. The topological polar surface area (TPSA) is 58.9 Å². The number of aromatic nitrogens is 1. The van der Waals surface area contributed by atoms with Crippen molar-refractivity contribution in [2.24, 2.45) is 0 Å². The predicted molar refractivity (Wildman–Crippen MR) is 114 cm³/mol. The Balaban J connectivity index is 1.36. The third-order valence-corrected chi connectivity index (χ3v) is 5.83. The van der Waals surface area contributed by atoms with Crippen LogP contribution in [0.1, 0.15) is 17.4 Å². The molecule has 5 rings (SSSR count). The fourth-order valence-electron chi connectivity index (χ4n) is 4.29. The summed E-state index contributed by atoms with van der Waals surface area (Å²) in [5.41, 5.74) is 1.26. The number of rotatable bonds is 8. The van der Waals surface area contributed by atoms with Crippen molar-refractivity contribution in [1.29, 1.82) is 0 Å². The first kappa shape index (κ1) is 20.2. The molecule has 1 aromatic heterocycles. The van der Waals surface area contributed by atoms with Crippen molar-refractivity contribution in [3.63, 3.8) is 0 Å². The van der Waals surface area contributed by atoms with Crippen molar-refractivity contribution < 1.29 is 18.9 Å². The zero-order valence-electron chi connectivity index (χ0n) is 17.1. The lowest BCUT2D eigenvalue weighted by Crippen LogP contribution is -2.46. The van der Waals surface area contributed by atoms with Crippen LogP contribution < -0.4 is 5.56 Å². The highest BCUT2D eigenvalue weighted by Crippen LogP contribution is 2.46. The maximum absolute atomic E-state index is 12.4. The SMILES string of the molecule is O=c1ccccn1[C@@H]1O[C@@]2(COCc3ccccc3)CO[C@@H]1[C@@H]2OCc1ccccc1. The molecular formula is C25H25NO5. The van der Waals surface area contributed by atoms with E-state index in [1.165, 1.54) is 6.07 Å². The van der Waals surface area contributed by atoms with E-state index in [0.717, 1.165) is 11.1 Å². The molecule has 2 aromatic carbocycles. The molecule has 3 heterocycles. The van der Waals surface area contributed by atoms with Crippen LogP contribution in [0.4, 0.5) is 0 Å². The van der Waals surface area contributed by atoms with Gasteiger partial charge < -0.3 is 18.9 Å². The molecule has 3 aromatic rings. The van der Waals surface area contributed by atoms with E-state index in [9.17, 15) is 4.79 Å². The highest BCUT2D eigenvalue weighted by molar-refractivity contribution is 5.16. The van der Waals surface area contributed by atoms with Crippen molar-refractivity contribution in [2.45, 2.75) is 37.3 Å². The smallest absolute Gasteiger partial charge is 0.252 e. The third-order valence-electron chi connectivity index (χ3n) is 5.83. The molecule has 31 heavy (non-hydrogen) atoms. The second-order valence-corrected chi connectivity index (χ2v) is 7.99. The van der Waals surface area contributed by atoms with Crippen molar-refractivity contribution in [1.82, 2.24) is 4.57 Å². The summed E-state index contributed by atoms with van der Waals surface area (Å²) in [5.74, 6) is 0. The van der Waals surface area contributed by atoms with Gasteiger partial charge in [-0.15, -0.1) is 0 Å². The number of pyridine rings is 1. The first-order valence-electron chi connectivity index (χ1n) is 10.5. The summed E-state index contributed by atoms with van der Waals surface area (Å²) >= 11 is 0. The fraction of sp³-hybridized carbons (Fsp3) is 0.320. The van der Waals surface area contributed by atoms with Crippen LogP contribution >= 0.6 is 0 Å². The standard InChI is InChI=1S/C25H25NO5/c27-21-13-7-8-14-26(21)24-22-23(29-16-20-11-5-2-6-12-20)25(31-24,18-30-22)17-28-15-19-9-3-1-4-10-19/h1-14,22-24H,15-18H2/t22-,23+,24-,25+/m1/s1. The summed E-state index contributed by atoms with van der Waals surface area (Å²) in [5, 5.41) is 0. The van der Waals surface area contributed by atoms with Crippen LogP contribution in [0.5, 0.6) is 0 Å². The Morgan fingerprint density at radius 2 is 1.58 bits per heavy atom. The largest absolute Gasteiger partial charge is 0.374 e. The van der Waals surface area contributed by atoms with Crippen LogP contribution in [-0.4, -0.2) is 35.6 Å². The zero-order chi connectivity index (χ0) is 21.1. The molecule has 0 aliphatic carbocycles. The van der Waals surface area contributed by atoms with Gasteiger partial charge in [-0.3, -0.25) is 9.36 Å². The molecule has 6 heteroatoms. The Hall–Kier alpha value is -2.77. The molecule has 160 valence electrons. The Morgan fingerprint density at radius 1 is 0.903 bits per heavy atom. The van der Waals surface area contributed by atoms with Gasteiger partial charge in [-0.2, -0.15) is 0 Å². The molecule has 2 saturated heterocycles. The quantitative estimate of drug-likeness (QED) is 0.561. The minimum Gasteiger partial charge on any atom is -0.374 e. The number of hydrogen-bond acceptors (Lipinski definition) is 5. The van der Waals surface area contributed by atoms with Crippen LogP contribution in [0.15, 0.2) is 89.9 Å². The second-order valence-electron chi connectivity index (χ2n) is 7.99. The molecule has 0 radical (unpaired) electrons. The molecule has 4 atom stereocenters. The minimum atomic E-state index is -0.770. The van der Waals surface area contributed by atoms with Crippen LogP contribution in [0, 0.1) is 0 Å². The molecule has 0 spiro atoms. The summed E-state index contributed by atoms with van der Waals surface area (Å²) < 4.78 is 26.5. The lowest BCUT2D eigenvalue weighted by molar-refractivity contribution is -0.196. The van der Waals surface area contributed by atoms with Gasteiger partial charge in [0.15, 0.2) is 6.23 Å².